The van der Waals surface area contributed by atoms with Gasteiger partial charge < -0.3 is 31.0 Å². The SMILES string of the molecule is COC(CO)C(O)CCn1cnc(C(N)=O)c1C(N)=O. The Morgan fingerprint density at radius 3 is 2.55 bits per heavy atom. The largest absolute Gasteiger partial charge is 0.394 e. The van der Waals surface area contributed by atoms with Crippen molar-refractivity contribution >= 4 is 11.8 Å². The minimum Gasteiger partial charge on any atom is -0.394 e. The summed E-state index contributed by atoms with van der Waals surface area (Å²) in [6.45, 7) is -0.170. The van der Waals surface area contributed by atoms with E-state index in [1.165, 1.54) is 18.0 Å². The van der Waals surface area contributed by atoms with Crippen molar-refractivity contribution in [2.45, 2.75) is 25.2 Å². The second kappa shape index (κ2) is 6.98. The van der Waals surface area contributed by atoms with Crippen LogP contribution in [-0.4, -0.2) is 57.5 Å². The first-order chi connectivity index (χ1) is 9.42. The average molecular weight is 286 g/mol. The molecule has 1 rings (SSSR count). The molecule has 0 aliphatic carbocycles. The number of methoxy groups -OCH3 is 1. The fraction of sp³-hybridized carbons (Fsp3) is 0.545. The second-order valence-corrected chi connectivity index (χ2v) is 4.18. The molecular formula is C11H18N4O5. The van der Waals surface area contributed by atoms with Crippen LogP contribution < -0.4 is 11.5 Å². The summed E-state index contributed by atoms with van der Waals surface area (Å²) in [7, 11) is 1.36. The molecule has 0 bridgehead atoms. The number of nitrogens with zero attached hydrogens (tertiary/aromatic N) is 2. The highest BCUT2D eigenvalue weighted by Crippen LogP contribution is 2.10. The molecule has 0 aliphatic heterocycles. The summed E-state index contributed by atoms with van der Waals surface area (Å²) in [6.07, 6.45) is -0.252. The van der Waals surface area contributed by atoms with Crippen LogP contribution in [0, 0.1) is 0 Å². The summed E-state index contributed by atoms with van der Waals surface area (Å²) in [4.78, 5) is 26.2. The average Bonchev–Trinajstić information content (AvgIpc) is 2.81. The zero-order chi connectivity index (χ0) is 15.3. The molecule has 0 saturated carbocycles. The molecule has 1 aromatic rings. The topological polar surface area (TPSA) is 154 Å². The summed E-state index contributed by atoms with van der Waals surface area (Å²) in [6, 6.07) is 0. The molecule has 0 fully saturated rings. The summed E-state index contributed by atoms with van der Waals surface area (Å²) < 4.78 is 6.21. The van der Waals surface area contributed by atoms with E-state index in [1.54, 1.807) is 0 Å². The number of aromatic nitrogens is 2. The van der Waals surface area contributed by atoms with Crippen LogP contribution in [0.25, 0.3) is 0 Å². The lowest BCUT2D eigenvalue weighted by Crippen LogP contribution is -2.32. The molecule has 0 saturated heterocycles. The van der Waals surface area contributed by atoms with E-state index in [4.69, 9.17) is 21.3 Å². The fourth-order valence-electron chi connectivity index (χ4n) is 1.80. The summed E-state index contributed by atoms with van der Waals surface area (Å²) in [5, 5.41) is 18.8. The van der Waals surface area contributed by atoms with Gasteiger partial charge in [0.05, 0.1) is 19.0 Å². The number of amides is 2. The van der Waals surface area contributed by atoms with Gasteiger partial charge in [0.15, 0.2) is 5.69 Å². The van der Waals surface area contributed by atoms with Crippen molar-refractivity contribution in [1.29, 1.82) is 0 Å². The fourth-order valence-corrected chi connectivity index (χ4v) is 1.80. The summed E-state index contributed by atoms with van der Waals surface area (Å²) in [5.74, 6) is -1.69. The minimum atomic E-state index is -0.940. The van der Waals surface area contributed by atoms with E-state index < -0.39 is 24.0 Å². The molecule has 0 aromatic carbocycles. The second-order valence-electron chi connectivity index (χ2n) is 4.18. The molecule has 2 unspecified atom stereocenters. The van der Waals surface area contributed by atoms with Crippen LogP contribution in [0.5, 0.6) is 0 Å². The maximum Gasteiger partial charge on any atom is 0.269 e. The number of hydrogen-bond acceptors (Lipinski definition) is 6. The van der Waals surface area contributed by atoms with Crippen molar-refractivity contribution in [2.75, 3.05) is 13.7 Å². The zero-order valence-electron chi connectivity index (χ0n) is 11.0. The number of aliphatic hydroxyl groups is 2. The van der Waals surface area contributed by atoms with Crippen molar-refractivity contribution < 1.29 is 24.5 Å². The van der Waals surface area contributed by atoms with Crippen molar-refractivity contribution in [3.8, 4) is 0 Å². The van der Waals surface area contributed by atoms with Crippen LogP contribution in [0.1, 0.15) is 27.4 Å². The number of aliphatic hydroxyl groups excluding tert-OH is 2. The van der Waals surface area contributed by atoms with Gasteiger partial charge in [-0.1, -0.05) is 0 Å². The van der Waals surface area contributed by atoms with Crippen molar-refractivity contribution in [3.63, 3.8) is 0 Å². The van der Waals surface area contributed by atoms with Gasteiger partial charge in [-0.15, -0.1) is 0 Å². The van der Waals surface area contributed by atoms with Gasteiger partial charge >= 0.3 is 0 Å². The molecule has 0 spiro atoms. The smallest absolute Gasteiger partial charge is 0.269 e. The zero-order valence-corrected chi connectivity index (χ0v) is 11.0. The van der Waals surface area contributed by atoms with Gasteiger partial charge in [-0.25, -0.2) is 4.98 Å². The number of rotatable bonds is 8. The minimum absolute atomic E-state index is 0.109. The van der Waals surface area contributed by atoms with Gasteiger partial charge in [-0.05, 0) is 6.42 Å². The van der Waals surface area contributed by atoms with Crippen LogP contribution in [0.2, 0.25) is 0 Å². The molecule has 9 heteroatoms. The Bertz CT molecular complexity index is 483. The van der Waals surface area contributed by atoms with Gasteiger partial charge in [0.1, 0.15) is 11.8 Å². The maximum atomic E-state index is 11.3. The van der Waals surface area contributed by atoms with Crippen LogP contribution in [0.3, 0.4) is 0 Å². The Labute approximate surface area is 115 Å². The Balaban J connectivity index is 2.83. The van der Waals surface area contributed by atoms with Gasteiger partial charge in [0, 0.05) is 13.7 Å². The number of primary amides is 2. The molecule has 9 nitrogen and oxygen atoms in total. The molecule has 0 radical (unpaired) electrons. The van der Waals surface area contributed by atoms with E-state index in [2.05, 4.69) is 4.98 Å². The van der Waals surface area contributed by atoms with E-state index in [0.29, 0.717) is 0 Å². The van der Waals surface area contributed by atoms with Gasteiger partial charge in [-0.2, -0.15) is 0 Å². The predicted molar refractivity (Wildman–Crippen MR) is 67.8 cm³/mol. The van der Waals surface area contributed by atoms with E-state index in [9.17, 15) is 14.7 Å². The number of aryl methyl sites for hydroxylation is 1. The quantitative estimate of drug-likeness (QED) is 0.427. The van der Waals surface area contributed by atoms with E-state index in [0.717, 1.165) is 0 Å². The standard InChI is InChI=1S/C11H18N4O5/c1-20-7(4-16)6(17)2-3-15-5-14-8(10(12)18)9(15)11(13)19/h5-7,16-17H,2-4H2,1H3,(H2,12,18)(H2,13,19). The van der Waals surface area contributed by atoms with Crippen LogP contribution >= 0.6 is 0 Å². The van der Waals surface area contributed by atoms with Crippen LogP contribution in [0.4, 0.5) is 0 Å². The molecular weight excluding hydrogens is 268 g/mol. The Kier molecular flexibility index (Phi) is 5.62. The van der Waals surface area contributed by atoms with Gasteiger partial charge in [0.2, 0.25) is 0 Å². The first kappa shape index (κ1) is 16.1. The predicted octanol–water partition coefficient (Wildman–Crippen LogP) is -2.16. The number of hydrogen-bond donors (Lipinski definition) is 4. The molecule has 112 valence electrons. The summed E-state index contributed by atoms with van der Waals surface area (Å²) in [5.41, 5.74) is 9.95. The Hall–Kier alpha value is -1.97. The normalized spacial score (nSPS) is 13.9. The number of carbonyl (C=O) groups is 2. The molecule has 6 N–H and O–H groups in total. The van der Waals surface area contributed by atoms with E-state index in [1.807, 2.05) is 0 Å². The third kappa shape index (κ3) is 3.53. The van der Waals surface area contributed by atoms with E-state index in [-0.39, 0.29) is 31.0 Å². The lowest BCUT2D eigenvalue weighted by Gasteiger charge is -2.19. The molecule has 20 heavy (non-hydrogen) atoms. The number of carbonyl (C=O) groups excluding carboxylic acids is 2. The molecule has 0 aliphatic rings. The molecule has 1 aromatic heterocycles. The lowest BCUT2D eigenvalue weighted by molar-refractivity contribution is -0.0452. The highest BCUT2D eigenvalue weighted by molar-refractivity contribution is 6.03. The number of ether oxygens (including phenoxy) is 1. The van der Waals surface area contributed by atoms with Crippen molar-refractivity contribution in [3.05, 3.63) is 17.7 Å². The number of imidazole rings is 1. The van der Waals surface area contributed by atoms with Crippen molar-refractivity contribution in [1.82, 2.24) is 9.55 Å². The molecule has 2 atom stereocenters. The summed E-state index contributed by atoms with van der Waals surface area (Å²) >= 11 is 0. The Morgan fingerprint density at radius 1 is 1.45 bits per heavy atom. The molecule has 2 amide bonds. The first-order valence-corrected chi connectivity index (χ1v) is 5.88. The van der Waals surface area contributed by atoms with E-state index >= 15 is 0 Å². The third-order valence-corrected chi connectivity index (χ3v) is 2.88. The maximum absolute atomic E-state index is 11.3. The van der Waals surface area contributed by atoms with Gasteiger partial charge in [-0.3, -0.25) is 9.59 Å². The van der Waals surface area contributed by atoms with Crippen molar-refractivity contribution in [2.24, 2.45) is 11.5 Å². The van der Waals surface area contributed by atoms with Crippen LogP contribution in [-0.2, 0) is 11.3 Å². The third-order valence-electron chi connectivity index (χ3n) is 2.88. The van der Waals surface area contributed by atoms with Gasteiger partial charge in [0.25, 0.3) is 11.8 Å². The highest BCUT2D eigenvalue weighted by Gasteiger charge is 2.22. The Morgan fingerprint density at radius 2 is 2.10 bits per heavy atom. The van der Waals surface area contributed by atoms with Crippen LogP contribution in [0.15, 0.2) is 6.33 Å². The lowest BCUT2D eigenvalue weighted by atomic mass is 10.1. The first-order valence-electron chi connectivity index (χ1n) is 5.88. The molecule has 1 heterocycles. The highest BCUT2D eigenvalue weighted by atomic mass is 16.5. The monoisotopic (exact) mass is 286 g/mol. The number of nitrogens with two attached hydrogens (primary N) is 2.